The zero-order valence-corrected chi connectivity index (χ0v) is 22.2. The highest BCUT2D eigenvalue weighted by molar-refractivity contribution is 14.1. The highest BCUT2D eigenvalue weighted by Gasteiger charge is 2.15. The zero-order valence-electron chi connectivity index (χ0n) is 18.4. The van der Waals surface area contributed by atoms with Crippen molar-refractivity contribution in [2.45, 2.75) is 27.2 Å². The van der Waals surface area contributed by atoms with Gasteiger partial charge in [-0.25, -0.2) is 9.78 Å². The number of esters is 1. The summed E-state index contributed by atoms with van der Waals surface area (Å²) in [5.41, 5.74) is 1.08. The molecule has 10 heteroatoms. The Hall–Kier alpha value is -2.47. The van der Waals surface area contributed by atoms with Crippen molar-refractivity contribution in [1.82, 2.24) is 9.66 Å². The Morgan fingerprint density at radius 3 is 2.67 bits per heavy atom. The fourth-order valence-corrected chi connectivity index (χ4v) is 4.21. The normalized spacial score (nSPS) is 11.2. The topological polar surface area (TPSA) is 92.0 Å². The van der Waals surface area contributed by atoms with Crippen molar-refractivity contribution in [2.24, 2.45) is 5.10 Å². The smallest absolute Gasteiger partial charge is 0.344 e. The Balaban J connectivity index is 1.98. The Morgan fingerprint density at radius 1 is 1.18 bits per heavy atom. The average molecular weight is 628 g/mol. The first-order chi connectivity index (χ1) is 15.9. The minimum atomic E-state index is -0.455. The Labute approximate surface area is 213 Å². The fourth-order valence-electron chi connectivity index (χ4n) is 3.07. The highest BCUT2D eigenvalue weighted by atomic mass is 127. The standard InChI is InChI=1S/C23H23BrIN3O5/c1-4-20-27-18-8-7-15(24)11-16(18)23(30)28(20)26-12-14-9-17(25)22(19(10-14)31-5-2)33-13-21(29)32-6-3/h7-12H,4-6,13H2,1-3H3. The first kappa shape index (κ1) is 25.2. The van der Waals surface area contributed by atoms with Crippen LogP contribution in [0.15, 0.2) is 44.7 Å². The number of ether oxygens (including phenoxy) is 3. The molecule has 33 heavy (non-hydrogen) atoms. The molecular weight excluding hydrogens is 605 g/mol. The molecule has 0 aliphatic heterocycles. The van der Waals surface area contributed by atoms with Gasteiger partial charge < -0.3 is 14.2 Å². The van der Waals surface area contributed by atoms with Crippen LogP contribution in [-0.2, 0) is 16.0 Å². The molecule has 0 saturated carbocycles. The van der Waals surface area contributed by atoms with E-state index in [1.165, 1.54) is 4.68 Å². The average Bonchev–Trinajstić information content (AvgIpc) is 2.78. The van der Waals surface area contributed by atoms with Gasteiger partial charge in [-0.2, -0.15) is 9.78 Å². The largest absolute Gasteiger partial charge is 0.490 e. The number of nitrogens with zero attached hydrogens (tertiary/aromatic N) is 3. The molecule has 0 unspecified atom stereocenters. The highest BCUT2D eigenvalue weighted by Crippen LogP contribution is 2.34. The van der Waals surface area contributed by atoms with Crippen LogP contribution in [0.3, 0.4) is 0 Å². The van der Waals surface area contributed by atoms with Gasteiger partial charge in [0.2, 0.25) is 0 Å². The van der Waals surface area contributed by atoms with Crippen LogP contribution in [0, 0.1) is 3.57 Å². The maximum atomic E-state index is 13.1. The number of rotatable bonds is 9. The Morgan fingerprint density at radius 2 is 1.97 bits per heavy atom. The molecule has 0 fully saturated rings. The van der Waals surface area contributed by atoms with Gasteiger partial charge in [0.25, 0.3) is 5.56 Å². The van der Waals surface area contributed by atoms with Gasteiger partial charge in [0.1, 0.15) is 5.82 Å². The number of aryl methyl sites for hydroxylation is 1. The van der Waals surface area contributed by atoms with Crippen LogP contribution in [0.25, 0.3) is 10.9 Å². The van der Waals surface area contributed by atoms with Gasteiger partial charge in [0.15, 0.2) is 18.1 Å². The second-order valence-corrected chi connectivity index (χ2v) is 8.84. The van der Waals surface area contributed by atoms with Crippen LogP contribution in [0.2, 0.25) is 0 Å². The lowest BCUT2D eigenvalue weighted by molar-refractivity contribution is -0.145. The van der Waals surface area contributed by atoms with E-state index >= 15 is 0 Å². The quantitative estimate of drug-likeness (QED) is 0.196. The molecule has 2 aromatic carbocycles. The Kier molecular flexibility index (Phi) is 8.84. The number of benzene rings is 2. The molecule has 0 atom stereocenters. The number of aromatic nitrogens is 2. The van der Waals surface area contributed by atoms with E-state index in [1.54, 1.807) is 31.3 Å². The van der Waals surface area contributed by atoms with Crippen LogP contribution in [0.5, 0.6) is 11.5 Å². The monoisotopic (exact) mass is 627 g/mol. The molecule has 3 aromatic rings. The summed E-state index contributed by atoms with van der Waals surface area (Å²) in [6.07, 6.45) is 2.12. The van der Waals surface area contributed by atoms with Gasteiger partial charge in [-0.3, -0.25) is 4.79 Å². The minimum Gasteiger partial charge on any atom is -0.490 e. The number of hydrogen-bond acceptors (Lipinski definition) is 7. The summed E-state index contributed by atoms with van der Waals surface area (Å²) in [6, 6.07) is 8.97. The van der Waals surface area contributed by atoms with E-state index in [9.17, 15) is 9.59 Å². The van der Waals surface area contributed by atoms with E-state index in [1.807, 2.05) is 26.0 Å². The SMILES string of the molecule is CCOC(=O)COc1c(I)cc(C=Nn2c(CC)nc3ccc(Br)cc3c2=O)cc1OCC. The molecule has 0 radical (unpaired) electrons. The number of halogens is 2. The van der Waals surface area contributed by atoms with E-state index < -0.39 is 5.97 Å². The Bertz CT molecular complexity index is 1260. The molecule has 0 spiro atoms. The molecule has 1 heterocycles. The van der Waals surface area contributed by atoms with Crippen molar-refractivity contribution < 1.29 is 19.0 Å². The van der Waals surface area contributed by atoms with E-state index in [0.717, 1.165) is 8.04 Å². The summed E-state index contributed by atoms with van der Waals surface area (Å²) in [5, 5.41) is 4.90. The van der Waals surface area contributed by atoms with E-state index in [0.29, 0.717) is 46.8 Å². The summed E-state index contributed by atoms with van der Waals surface area (Å²) in [5.74, 6) is 1.02. The molecule has 174 valence electrons. The maximum Gasteiger partial charge on any atom is 0.344 e. The number of carbonyl (C=O) groups is 1. The molecule has 0 aliphatic carbocycles. The molecule has 0 aliphatic rings. The van der Waals surface area contributed by atoms with Crippen molar-refractivity contribution in [2.75, 3.05) is 19.8 Å². The van der Waals surface area contributed by atoms with Gasteiger partial charge in [-0.05, 0) is 72.3 Å². The number of hydrogen-bond donors (Lipinski definition) is 0. The summed E-state index contributed by atoms with van der Waals surface area (Å²) in [7, 11) is 0. The molecule has 0 N–H and O–H groups in total. The van der Waals surface area contributed by atoms with Crippen molar-refractivity contribution in [1.29, 1.82) is 0 Å². The van der Waals surface area contributed by atoms with Gasteiger partial charge in [-0.15, -0.1) is 0 Å². The van der Waals surface area contributed by atoms with E-state index in [-0.39, 0.29) is 18.8 Å². The van der Waals surface area contributed by atoms with Crippen molar-refractivity contribution >= 4 is 61.6 Å². The summed E-state index contributed by atoms with van der Waals surface area (Å²) < 4.78 is 19.1. The lowest BCUT2D eigenvalue weighted by Gasteiger charge is -2.14. The zero-order chi connectivity index (χ0) is 24.0. The summed E-state index contributed by atoms with van der Waals surface area (Å²) >= 11 is 5.50. The third-order valence-corrected chi connectivity index (χ3v) is 5.78. The third kappa shape index (κ3) is 6.11. The lowest BCUT2D eigenvalue weighted by atomic mass is 10.2. The first-order valence-electron chi connectivity index (χ1n) is 10.4. The molecule has 3 rings (SSSR count). The number of carbonyl (C=O) groups excluding carboxylic acids is 1. The van der Waals surface area contributed by atoms with Crippen LogP contribution in [0.4, 0.5) is 0 Å². The van der Waals surface area contributed by atoms with Gasteiger partial charge in [0.05, 0.1) is 33.9 Å². The van der Waals surface area contributed by atoms with E-state index in [2.05, 4.69) is 48.6 Å². The van der Waals surface area contributed by atoms with Crippen LogP contribution >= 0.6 is 38.5 Å². The molecular formula is C23H23BrIN3O5. The lowest BCUT2D eigenvalue weighted by Crippen LogP contribution is -2.22. The maximum absolute atomic E-state index is 13.1. The van der Waals surface area contributed by atoms with Crippen LogP contribution < -0.4 is 15.0 Å². The van der Waals surface area contributed by atoms with Crippen molar-refractivity contribution in [3.8, 4) is 11.5 Å². The second-order valence-electron chi connectivity index (χ2n) is 6.76. The van der Waals surface area contributed by atoms with Gasteiger partial charge in [0, 0.05) is 10.9 Å². The van der Waals surface area contributed by atoms with Crippen molar-refractivity contribution in [3.05, 3.63) is 60.1 Å². The van der Waals surface area contributed by atoms with Crippen LogP contribution in [-0.4, -0.2) is 41.7 Å². The third-order valence-electron chi connectivity index (χ3n) is 4.49. The predicted octanol–water partition coefficient (Wildman–Crippen LogP) is 4.55. The minimum absolute atomic E-state index is 0.217. The summed E-state index contributed by atoms with van der Waals surface area (Å²) in [6.45, 7) is 5.99. The first-order valence-corrected chi connectivity index (χ1v) is 12.2. The van der Waals surface area contributed by atoms with E-state index in [4.69, 9.17) is 14.2 Å². The molecule has 0 bridgehead atoms. The van der Waals surface area contributed by atoms with Crippen LogP contribution in [0.1, 0.15) is 32.2 Å². The summed E-state index contributed by atoms with van der Waals surface area (Å²) in [4.78, 5) is 29.3. The molecule has 8 nitrogen and oxygen atoms in total. The molecule has 0 amide bonds. The molecule has 0 saturated heterocycles. The second kappa shape index (κ2) is 11.6. The fraction of sp³-hybridized carbons (Fsp3) is 0.304. The van der Waals surface area contributed by atoms with Crippen molar-refractivity contribution in [3.63, 3.8) is 0 Å². The van der Waals surface area contributed by atoms with Gasteiger partial charge in [-0.1, -0.05) is 22.9 Å². The number of fused-ring (bicyclic) bond motifs is 1. The predicted molar refractivity (Wildman–Crippen MR) is 139 cm³/mol. The van der Waals surface area contributed by atoms with Gasteiger partial charge >= 0.3 is 5.97 Å². The molecule has 1 aromatic heterocycles.